The van der Waals surface area contributed by atoms with Gasteiger partial charge in [0.15, 0.2) is 0 Å². The maximum absolute atomic E-state index is 8.89. The van der Waals surface area contributed by atoms with Gasteiger partial charge >= 0.3 is 0 Å². The molecule has 19 heavy (non-hydrogen) atoms. The number of nitrogens with one attached hydrogen (secondary N) is 1. The van der Waals surface area contributed by atoms with Gasteiger partial charge in [0, 0.05) is 29.3 Å². The van der Waals surface area contributed by atoms with E-state index in [1.54, 1.807) is 0 Å². The van der Waals surface area contributed by atoms with Gasteiger partial charge in [0.1, 0.15) is 6.07 Å². The van der Waals surface area contributed by atoms with Crippen molar-refractivity contribution in [1.82, 2.24) is 4.90 Å². The zero-order valence-corrected chi connectivity index (χ0v) is 12.5. The lowest BCUT2D eigenvalue weighted by Gasteiger charge is -2.15. The topological polar surface area (TPSA) is 39.1 Å². The summed E-state index contributed by atoms with van der Waals surface area (Å²) in [5, 5.41) is 12.4. The highest BCUT2D eigenvalue weighted by Gasteiger charge is 2.34. The second-order valence-corrected chi connectivity index (χ2v) is 6.42. The van der Waals surface area contributed by atoms with Gasteiger partial charge in [-0.05, 0) is 65.9 Å². The average Bonchev–Trinajstić information content (AvgIpc) is 3.16. The largest absolute Gasteiger partial charge is 0.385 e. The van der Waals surface area contributed by atoms with E-state index in [1.165, 1.54) is 32.4 Å². The van der Waals surface area contributed by atoms with Crippen molar-refractivity contribution in [3.05, 3.63) is 28.2 Å². The molecule has 0 spiro atoms. The minimum atomic E-state index is 0.686. The minimum absolute atomic E-state index is 0.686. The van der Waals surface area contributed by atoms with Gasteiger partial charge < -0.3 is 10.2 Å². The SMILES string of the molecule is N#Cc1ccc(NCC2CCN(C3CC3)C2)cc1Br. The van der Waals surface area contributed by atoms with Gasteiger partial charge in [-0.1, -0.05) is 0 Å². The molecule has 1 aromatic carbocycles. The molecule has 100 valence electrons. The van der Waals surface area contributed by atoms with Gasteiger partial charge in [-0.2, -0.15) is 5.26 Å². The number of benzene rings is 1. The first-order valence-electron chi connectivity index (χ1n) is 6.94. The third-order valence-corrected chi connectivity index (χ3v) is 4.72. The molecule has 1 saturated heterocycles. The summed E-state index contributed by atoms with van der Waals surface area (Å²) in [5.74, 6) is 0.759. The molecule has 3 nitrogen and oxygen atoms in total. The molecule has 0 radical (unpaired) electrons. The standard InChI is InChI=1S/C15H18BrN3/c16-15-7-13(2-1-12(15)8-17)18-9-11-5-6-19(10-11)14-3-4-14/h1-2,7,11,14,18H,3-6,9-10H2. The summed E-state index contributed by atoms with van der Waals surface area (Å²) in [5.41, 5.74) is 1.78. The maximum atomic E-state index is 8.89. The molecule has 4 heteroatoms. The van der Waals surface area contributed by atoms with Gasteiger partial charge in [0.05, 0.1) is 5.56 Å². The number of likely N-dealkylation sites (tertiary alicyclic amines) is 1. The molecule has 3 rings (SSSR count). The fourth-order valence-corrected chi connectivity index (χ4v) is 3.25. The number of nitrogens with zero attached hydrogens (tertiary/aromatic N) is 2. The predicted molar refractivity (Wildman–Crippen MR) is 80.0 cm³/mol. The first kappa shape index (κ1) is 13.0. The van der Waals surface area contributed by atoms with E-state index in [0.717, 1.165) is 28.7 Å². The zero-order valence-electron chi connectivity index (χ0n) is 10.9. The summed E-state index contributed by atoms with van der Waals surface area (Å²) < 4.78 is 0.867. The van der Waals surface area contributed by atoms with E-state index < -0.39 is 0 Å². The molecule has 1 heterocycles. The zero-order chi connectivity index (χ0) is 13.2. The minimum Gasteiger partial charge on any atom is -0.385 e. The van der Waals surface area contributed by atoms with Crippen molar-refractivity contribution in [2.75, 3.05) is 25.0 Å². The molecule has 1 N–H and O–H groups in total. The highest BCUT2D eigenvalue weighted by molar-refractivity contribution is 9.10. The van der Waals surface area contributed by atoms with Gasteiger partial charge in [0.2, 0.25) is 0 Å². The van der Waals surface area contributed by atoms with Crippen molar-refractivity contribution >= 4 is 21.6 Å². The Labute approximate surface area is 122 Å². The summed E-state index contributed by atoms with van der Waals surface area (Å²) >= 11 is 3.43. The van der Waals surface area contributed by atoms with Crippen LogP contribution >= 0.6 is 15.9 Å². The Balaban J connectivity index is 1.52. The Kier molecular flexibility index (Phi) is 3.76. The van der Waals surface area contributed by atoms with E-state index in [2.05, 4.69) is 32.2 Å². The van der Waals surface area contributed by atoms with Crippen LogP contribution in [0.5, 0.6) is 0 Å². The molecule has 1 aliphatic heterocycles. The summed E-state index contributed by atoms with van der Waals surface area (Å²) in [6.07, 6.45) is 4.12. The molecule has 1 aliphatic carbocycles. The Bertz CT molecular complexity index is 505. The molecule has 1 saturated carbocycles. The lowest BCUT2D eigenvalue weighted by Crippen LogP contribution is -2.24. The van der Waals surface area contributed by atoms with Crippen LogP contribution in [0.1, 0.15) is 24.8 Å². The molecule has 0 aromatic heterocycles. The van der Waals surface area contributed by atoms with E-state index in [4.69, 9.17) is 5.26 Å². The van der Waals surface area contributed by atoms with Crippen molar-refractivity contribution in [1.29, 1.82) is 5.26 Å². The van der Waals surface area contributed by atoms with Crippen LogP contribution in [0.3, 0.4) is 0 Å². The smallest absolute Gasteiger partial charge is 0.100 e. The van der Waals surface area contributed by atoms with Crippen LogP contribution < -0.4 is 5.32 Å². The monoisotopic (exact) mass is 319 g/mol. The highest BCUT2D eigenvalue weighted by Crippen LogP contribution is 2.31. The second kappa shape index (κ2) is 5.52. The van der Waals surface area contributed by atoms with Crippen molar-refractivity contribution in [2.24, 2.45) is 5.92 Å². The van der Waals surface area contributed by atoms with Crippen molar-refractivity contribution in [2.45, 2.75) is 25.3 Å². The summed E-state index contributed by atoms with van der Waals surface area (Å²) in [6.45, 7) is 3.55. The fraction of sp³-hybridized carbons (Fsp3) is 0.533. The number of halogens is 1. The number of rotatable bonds is 4. The van der Waals surface area contributed by atoms with Crippen molar-refractivity contribution < 1.29 is 0 Å². The van der Waals surface area contributed by atoms with Crippen LogP contribution in [0.25, 0.3) is 0 Å². The fourth-order valence-electron chi connectivity index (χ4n) is 2.78. The second-order valence-electron chi connectivity index (χ2n) is 5.57. The molecule has 1 unspecified atom stereocenters. The number of nitriles is 1. The van der Waals surface area contributed by atoms with Crippen LogP contribution in [0.15, 0.2) is 22.7 Å². The van der Waals surface area contributed by atoms with Gasteiger partial charge in [-0.15, -0.1) is 0 Å². The lowest BCUT2D eigenvalue weighted by molar-refractivity contribution is 0.316. The molecule has 2 aliphatic rings. The van der Waals surface area contributed by atoms with Gasteiger partial charge in [0.25, 0.3) is 0 Å². The first-order chi connectivity index (χ1) is 9.26. The average molecular weight is 320 g/mol. The summed E-state index contributed by atoms with van der Waals surface area (Å²) in [4.78, 5) is 2.64. The Morgan fingerprint density at radius 2 is 2.21 bits per heavy atom. The van der Waals surface area contributed by atoms with Crippen LogP contribution in [0, 0.1) is 17.2 Å². The Morgan fingerprint density at radius 1 is 1.37 bits per heavy atom. The molecule has 0 amide bonds. The van der Waals surface area contributed by atoms with Gasteiger partial charge in [-0.25, -0.2) is 0 Å². The van der Waals surface area contributed by atoms with Crippen LogP contribution in [0.2, 0.25) is 0 Å². The van der Waals surface area contributed by atoms with Crippen molar-refractivity contribution in [3.8, 4) is 6.07 Å². The quantitative estimate of drug-likeness (QED) is 0.926. The normalized spacial score (nSPS) is 23.3. The lowest BCUT2D eigenvalue weighted by atomic mass is 10.1. The van der Waals surface area contributed by atoms with E-state index in [-0.39, 0.29) is 0 Å². The molecule has 0 bridgehead atoms. The number of hydrogen-bond acceptors (Lipinski definition) is 3. The molecular formula is C15H18BrN3. The number of hydrogen-bond donors (Lipinski definition) is 1. The Morgan fingerprint density at radius 3 is 2.89 bits per heavy atom. The molecule has 2 fully saturated rings. The van der Waals surface area contributed by atoms with Crippen LogP contribution in [0.4, 0.5) is 5.69 Å². The highest BCUT2D eigenvalue weighted by atomic mass is 79.9. The Hall–Kier alpha value is -1.05. The van der Waals surface area contributed by atoms with E-state index in [9.17, 15) is 0 Å². The summed E-state index contributed by atoms with van der Waals surface area (Å²) in [6, 6.07) is 8.89. The number of anilines is 1. The first-order valence-corrected chi connectivity index (χ1v) is 7.73. The predicted octanol–water partition coefficient (Wildman–Crippen LogP) is 3.22. The molecular weight excluding hydrogens is 302 g/mol. The molecule has 1 atom stereocenters. The van der Waals surface area contributed by atoms with Crippen molar-refractivity contribution in [3.63, 3.8) is 0 Å². The summed E-state index contributed by atoms with van der Waals surface area (Å²) in [7, 11) is 0. The van der Waals surface area contributed by atoms with Crippen LogP contribution in [-0.2, 0) is 0 Å². The third-order valence-electron chi connectivity index (χ3n) is 4.06. The van der Waals surface area contributed by atoms with E-state index in [1.807, 2.05) is 18.2 Å². The van der Waals surface area contributed by atoms with Gasteiger partial charge in [-0.3, -0.25) is 0 Å². The van der Waals surface area contributed by atoms with E-state index >= 15 is 0 Å². The maximum Gasteiger partial charge on any atom is 0.100 e. The molecule has 1 aromatic rings. The van der Waals surface area contributed by atoms with E-state index in [0.29, 0.717) is 5.56 Å². The third kappa shape index (κ3) is 3.10. The van der Waals surface area contributed by atoms with Crippen LogP contribution in [-0.4, -0.2) is 30.6 Å².